The summed E-state index contributed by atoms with van der Waals surface area (Å²) in [6, 6.07) is 20.7. The highest BCUT2D eigenvalue weighted by molar-refractivity contribution is 6.32. The van der Waals surface area contributed by atoms with Crippen LogP contribution in [0, 0.1) is 0 Å². The first-order chi connectivity index (χ1) is 16.6. The Morgan fingerprint density at radius 1 is 1.00 bits per heavy atom. The molecule has 6 nitrogen and oxygen atoms in total. The normalized spacial score (nSPS) is 15.0. The van der Waals surface area contributed by atoms with Crippen LogP contribution >= 0.6 is 11.6 Å². The number of amides is 3. The molecule has 0 spiro atoms. The van der Waals surface area contributed by atoms with E-state index in [1.165, 1.54) is 0 Å². The van der Waals surface area contributed by atoms with Crippen LogP contribution in [-0.2, 0) is 9.59 Å². The number of ether oxygens (including phenoxy) is 1. The minimum Gasteiger partial charge on any atom is -0.457 e. The number of hydrogen-bond donors (Lipinski definition) is 1. The molecule has 0 unspecified atom stereocenters. The van der Waals surface area contributed by atoms with E-state index in [2.05, 4.69) is 5.32 Å². The summed E-state index contributed by atoms with van der Waals surface area (Å²) in [6.45, 7) is 5.76. The van der Waals surface area contributed by atoms with Gasteiger partial charge in [-0.3, -0.25) is 14.4 Å². The molecule has 0 radical (unpaired) electrons. The average molecular weight is 489 g/mol. The van der Waals surface area contributed by atoms with Gasteiger partial charge in [0.2, 0.25) is 5.91 Å². The molecule has 178 valence electrons. The molecular weight excluding hydrogens is 464 g/mol. The zero-order chi connectivity index (χ0) is 25.2. The monoisotopic (exact) mass is 488 g/mol. The van der Waals surface area contributed by atoms with Crippen molar-refractivity contribution < 1.29 is 19.1 Å². The number of halogens is 1. The van der Waals surface area contributed by atoms with Crippen molar-refractivity contribution in [2.24, 2.45) is 0 Å². The minimum atomic E-state index is -0.388. The summed E-state index contributed by atoms with van der Waals surface area (Å²) in [4.78, 5) is 39.1. The third-order valence-electron chi connectivity index (χ3n) is 5.22. The molecular formula is C28H25ClN2O4. The zero-order valence-corrected chi connectivity index (χ0v) is 20.4. The fourth-order valence-corrected chi connectivity index (χ4v) is 3.84. The summed E-state index contributed by atoms with van der Waals surface area (Å²) in [5.41, 5.74) is 1.65. The lowest BCUT2D eigenvalue weighted by molar-refractivity contribution is -0.120. The van der Waals surface area contributed by atoms with Crippen molar-refractivity contribution >= 4 is 41.1 Å². The number of nitrogens with one attached hydrogen (secondary N) is 1. The number of carbonyl (C=O) groups is 3. The van der Waals surface area contributed by atoms with Crippen molar-refractivity contribution in [1.29, 1.82) is 0 Å². The maximum absolute atomic E-state index is 13.0. The van der Waals surface area contributed by atoms with Gasteiger partial charge in [-0.2, -0.15) is 0 Å². The number of nitrogens with zero attached hydrogens (tertiary/aromatic N) is 1. The Bertz CT molecular complexity index is 1320. The van der Waals surface area contributed by atoms with Crippen molar-refractivity contribution in [3.63, 3.8) is 0 Å². The number of rotatable bonds is 5. The van der Waals surface area contributed by atoms with E-state index in [1.54, 1.807) is 60.7 Å². The third-order valence-corrected chi connectivity index (χ3v) is 5.45. The molecule has 0 atom stereocenters. The first-order valence-corrected chi connectivity index (χ1v) is 11.5. The summed E-state index contributed by atoms with van der Waals surface area (Å²) >= 11 is 6.04. The van der Waals surface area contributed by atoms with Crippen LogP contribution in [0.1, 0.15) is 43.1 Å². The van der Waals surface area contributed by atoms with Crippen molar-refractivity contribution in [2.75, 3.05) is 4.90 Å². The van der Waals surface area contributed by atoms with Crippen LogP contribution in [0.4, 0.5) is 5.69 Å². The van der Waals surface area contributed by atoms with Gasteiger partial charge in [-0.1, -0.05) is 35.9 Å². The fraction of sp³-hybridized carbons (Fsp3) is 0.179. The predicted molar refractivity (Wildman–Crippen MR) is 137 cm³/mol. The second-order valence-corrected chi connectivity index (χ2v) is 9.67. The van der Waals surface area contributed by atoms with Gasteiger partial charge in [0.15, 0.2) is 0 Å². The molecule has 7 heteroatoms. The molecule has 0 aliphatic carbocycles. The molecule has 1 N–H and O–H groups in total. The molecule has 1 fully saturated rings. The maximum atomic E-state index is 13.0. The Hall–Kier alpha value is -3.90. The molecule has 0 saturated carbocycles. The Balaban J connectivity index is 1.55. The van der Waals surface area contributed by atoms with Gasteiger partial charge >= 0.3 is 0 Å². The Morgan fingerprint density at radius 2 is 1.71 bits per heavy atom. The lowest BCUT2D eigenvalue weighted by Crippen LogP contribution is -2.40. The molecule has 0 aromatic heterocycles. The van der Waals surface area contributed by atoms with Gasteiger partial charge in [-0.15, -0.1) is 0 Å². The molecule has 0 bridgehead atoms. The highest BCUT2D eigenvalue weighted by atomic mass is 35.5. The summed E-state index contributed by atoms with van der Waals surface area (Å²) in [5, 5.41) is 3.37. The number of benzene rings is 3. The largest absolute Gasteiger partial charge is 0.457 e. The van der Waals surface area contributed by atoms with E-state index in [4.69, 9.17) is 16.3 Å². The first-order valence-electron chi connectivity index (χ1n) is 11.1. The van der Waals surface area contributed by atoms with Crippen LogP contribution in [-0.4, -0.2) is 23.3 Å². The van der Waals surface area contributed by atoms with E-state index in [-0.39, 0.29) is 29.7 Å². The van der Waals surface area contributed by atoms with Gasteiger partial charge in [-0.05, 0) is 75.4 Å². The van der Waals surface area contributed by atoms with E-state index in [0.29, 0.717) is 38.9 Å². The molecule has 3 amide bonds. The number of imide groups is 1. The Labute approximate surface area is 209 Å². The van der Waals surface area contributed by atoms with Crippen LogP contribution < -0.4 is 15.0 Å². The molecule has 1 saturated heterocycles. The van der Waals surface area contributed by atoms with Crippen LogP contribution in [0.2, 0.25) is 5.02 Å². The van der Waals surface area contributed by atoms with Gasteiger partial charge in [0.25, 0.3) is 11.8 Å². The second-order valence-electron chi connectivity index (χ2n) is 9.23. The minimum absolute atomic E-state index is 0.0166. The standard InChI is InChI=1S/C28H25ClN2O4/c1-28(2,3)30-26(33)18-11-13-23(14-12-18)35-24-10-5-4-7-19(24)15-20-16-25(32)31(27(20)34)22-9-6-8-21(29)17-22/h4-15,17H,16H2,1-3H3,(H,30,33)/b20-15-. The Morgan fingerprint density at radius 3 is 2.40 bits per heavy atom. The van der Waals surface area contributed by atoms with Gasteiger partial charge in [-0.25, -0.2) is 4.90 Å². The number of hydrogen-bond acceptors (Lipinski definition) is 4. The van der Waals surface area contributed by atoms with Crippen molar-refractivity contribution in [1.82, 2.24) is 5.32 Å². The average Bonchev–Trinajstić information content (AvgIpc) is 3.07. The van der Waals surface area contributed by atoms with E-state index in [0.717, 1.165) is 4.90 Å². The molecule has 1 aliphatic heterocycles. The molecule has 1 heterocycles. The van der Waals surface area contributed by atoms with Gasteiger partial charge in [0, 0.05) is 27.3 Å². The molecule has 3 aromatic carbocycles. The van der Waals surface area contributed by atoms with E-state index < -0.39 is 0 Å². The maximum Gasteiger partial charge on any atom is 0.261 e. The fourth-order valence-electron chi connectivity index (χ4n) is 3.66. The van der Waals surface area contributed by atoms with E-state index in [9.17, 15) is 14.4 Å². The lowest BCUT2D eigenvalue weighted by atomic mass is 10.1. The lowest BCUT2D eigenvalue weighted by Gasteiger charge is -2.20. The van der Waals surface area contributed by atoms with Crippen molar-refractivity contribution in [3.05, 3.63) is 94.5 Å². The second kappa shape index (κ2) is 9.76. The van der Waals surface area contributed by atoms with Crippen molar-refractivity contribution in [2.45, 2.75) is 32.7 Å². The third kappa shape index (κ3) is 5.78. The topological polar surface area (TPSA) is 75.7 Å². The summed E-state index contributed by atoms with van der Waals surface area (Å²) in [6.07, 6.45) is 1.66. The SMILES string of the molecule is CC(C)(C)NC(=O)c1ccc(Oc2ccccc2/C=C2/CC(=O)N(c3cccc(Cl)c3)C2=O)cc1. The van der Waals surface area contributed by atoms with Crippen LogP contribution in [0.3, 0.4) is 0 Å². The zero-order valence-electron chi connectivity index (χ0n) is 19.7. The van der Waals surface area contributed by atoms with Crippen LogP contribution in [0.5, 0.6) is 11.5 Å². The number of carbonyl (C=O) groups excluding carboxylic acids is 3. The molecule has 1 aliphatic rings. The molecule has 4 rings (SSSR count). The van der Waals surface area contributed by atoms with Crippen LogP contribution in [0.15, 0.2) is 78.4 Å². The summed E-state index contributed by atoms with van der Waals surface area (Å²) in [5.74, 6) is 0.195. The van der Waals surface area contributed by atoms with E-state index >= 15 is 0 Å². The number of anilines is 1. The quantitative estimate of drug-likeness (QED) is 0.352. The summed E-state index contributed by atoms with van der Waals surface area (Å²) in [7, 11) is 0. The highest BCUT2D eigenvalue weighted by Gasteiger charge is 2.35. The van der Waals surface area contributed by atoms with E-state index in [1.807, 2.05) is 39.0 Å². The van der Waals surface area contributed by atoms with Gasteiger partial charge in [0.1, 0.15) is 11.5 Å². The van der Waals surface area contributed by atoms with Gasteiger partial charge in [0.05, 0.1) is 12.1 Å². The predicted octanol–water partition coefficient (Wildman–Crippen LogP) is 6.01. The molecule has 35 heavy (non-hydrogen) atoms. The smallest absolute Gasteiger partial charge is 0.261 e. The first kappa shape index (κ1) is 24.2. The van der Waals surface area contributed by atoms with Crippen molar-refractivity contribution in [3.8, 4) is 11.5 Å². The Kier molecular flexibility index (Phi) is 6.76. The van der Waals surface area contributed by atoms with Crippen LogP contribution in [0.25, 0.3) is 6.08 Å². The number of para-hydroxylation sites is 1. The molecule has 3 aromatic rings. The van der Waals surface area contributed by atoms with Gasteiger partial charge < -0.3 is 10.1 Å². The highest BCUT2D eigenvalue weighted by Crippen LogP contribution is 2.32. The summed E-state index contributed by atoms with van der Waals surface area (Å²) < 4.78 is 6.04.